The van der Waals surface area contributed by atoms with Crippen LogP contribution in [-0.4, -0.2) is 11.1 Å². The van der Waals surface area contributed by atoms with E-state index in [1.165, 1.54) is 24.3 Å². The highest BCUT2D eigenvalue weighted by Crippen LogP contribution is 2.29. The third-order valence-corrected chi connectivity index (χ3v) is 3.54. The minimum absolute atomic E-state index is 0.0179. The van der Waals surface area contributed by atoms with Gasteiger partial charge < -0.3 is 9.84 Å². The lowest BCUT2D eigenvalue weighted by atomic mass is 10.1. The van der Waals surface area contributed by atoms with Crippen LogP contribution in [0.5, 0.6) is 5.75 Å². The Hall–Kier alpha value is -1.59. The fraction of sp³-hybridized carbons (Fsp3) is 0.133. The minimum Gasteiger partial charge on any atom is -0.488 e. The van der Waals surface area contributed by atoms with Gasteiger partial charge in [0.05, 0.1) is 0 Å². The topological polar surface area (TPSA) is 46.5 Å². The van der Waals surface area contributed by atoms with Gasteiger partial charge in [-0.15, -0.1) is 0 Å². The van der Waals surface area contributed by atoms with E-state index in [0.717, 1.165) is 0 Å². The SMILES string of the molecule is Cc1cc(Br)cc(C(=O)O)c1OCc1cc(Cl)ccc1F. The number of hydrogen-bond donors (Lipinski definition) is 1. The van der Waals surface area contributed by atoms with Crippen LogP contribution in [-0.2, 0) is 6.61 Å². The summed E-state index contributed by atoms with van der Waals surface area (Å²) in [5.41, 5.74) is 0.926. The second kappa shape index (κ2) is 6.45. The quantitative estimate of drug-likeness (QED) is 0.835. The third kappa shape index (κ3) is 3.74. The van der Waals surface area contributed by atoms with Crippen molar-refractivity contribution >= 4 is 33.5 Å². The normalized spacial score (nSPS) is 10.5. The zero-order valence-corrected chi connectivity index (χ0v) is 13.3. The summed E-state index contributed by atoms with van der Waals surface area (Å²) in [4.78, 5) is 11.3. The number of benzene rings is 2. The van der Waals surface area contributed by atoms with E-state index in [1.807, 2.05) is 0 Å². The first-order valence-corrected chi connectivity index (χ1v) is 7.15. The Kier molecular flexibility index (Phi) is 4.85. The molecule has 0 amide bonds. The van der Waals surface area contributed by atoms with Crippen molar-refractivity contribution in [2.24, 2.45) is 0 Å². The van der Waals surface area contributed by atoms with Crippen molar-refractivity contribution in [2.45, 2.75) is 13.5 Å². The van der Waals surface area contributed by atoms with Gasteiger partial charge in [-0.25, -0.2) is 9.18 Å². The van der Waals surface area contributed by atoms with E-state index < -0.39 is 11.8 Å². The molecule has 21 heavy (non-hydrogen) atoms. The highest BCUT2D eigenvalue weighted by atomic mass is 79.9. The van der Waals surface area contributed by atoms with E-state index in [1.54, 1.807) is 13.0 Å². The van der Waals surface area contributed by atoms with Gasteiger partial charge in [0.1, 0.15) is 23.7 Å². The lowest BCUT2D eigenvalue weighted by molar-refractivity contribution is 0.0691. The largest absolute Gasteiger partial charge is 0.488 e. The molecule has 0 unspecified atom stereocenters. The monoisotopic (exact) mass is 372 g/mol. The number of carboxylic acids is 1. The van der Waals surface area contributed by atoms with Gasteiger partial charge in [-0.05, 0) is 42.8 Å². The number of carbonyl (C=O) groups is 1. The molecular formula is C15H11BrClFO3. The standard InChI is InChI=1S/C15H11BrClFO3/c1-8-4-10(16)6-12(15(19)20)14(8)21-7-9-5-11(17)2-3-13(9)18/h2-6H,7H2,1H3,(H,19,20). The van der Waals surface area contributed by atoms with Gasteiger partial charge in [-0.1, -0.05) is 27.5 Å². The Bertz CT molecular complexity index is 704. The molecule has 110 valence electrons. The Morgan fingerprint density at radius 2 is 2.10 bits per heavy atom. The summed E-state index contributed by atoms with van der Waals surface area (Å²) < 4.78 is 19.8. The number of rotatable bonds is 4. The average molecular weight is 374 g/mol. The smallest absolute Gasteiger partial charge is 0.339 e. The van der Waals surface area contributed by atoms with Gasteiger partial charge in [-0.2, -0.15) is 0 Å². The molecule has 2 aromatic rings. The van der Waals surface area contributed by atoms with Gasteiger partial charge in [0.25, 0.3) is 0 Å². The lowest BCUT2D eigenvalue weighted by Crippen LogP contribution is -2.06. The van der Waals surface area contributed by atoms with Crippen molar-refractivity contribution in [1.29, 1.82) is 0 Å². The van der Waals surface area contributed by atoms with Gasteiger partial charge in [-0.3, -0.25) is 0 Å². The van der Waals surface area contributed by atoms with Crippen LogP contribution in [0.1, 0.15) is 21.5 Å². The highest BCUT2D eigenvalue weighted by Gasteiger charge is 2.16. The van der Waals surface area contributed by atoms with Crippen LogP contribution in [0.2, 0.25) is 5.02 Å². The summed E-state index contributed by atoms with van der Waals surface area (Å²) in [6, 6.07) is 7.31. The zero-order chi connectivity index (χ0) is 15.6. The number of halogens is 3. The maximum Gasteiger partial charge on any atom is 0.339 e. The third-order valence-electron chi connectivity index (χ3n) is 2.85. The molecule has 0 saturated heterocycles. The first-order valence-electron chi connectivity index (χ1n) is 5.98. The fourth-order valence-electron chi connectivity index (χ4n) is 1.88. The molecule has 0 aromatic heterocycles. The molecule has 0 bridgehead atoms. The van der Waals surface area contributed by atoms with E-state index in [0.29, 0.717) is 15.1 Å². The first kappa shape index (κ1) is 15.8. The van der Waals surface area contributed by atoms with Crippen LogP contribution >= 0.6 is 27.5 Å². The van der Waals surface area contributed by atoms with Crippen molar-refractivity contribution in [2.75, 3.05) is 0 Å². The molecule has 0 aliphatic carbocycles. The average Bonchev–Trinajstić information content (AvgIpc) is 2.40. The van der Waals surface area contributed by atoms with Crippen LogP contribution in [0.15, 0.2) is 34.8 Å². The predicted octanol–water partition coefficient (Wildman–Crippen LogP) is 4.83. The molecule has 2 aromatic carbocycles. The summed E-state index contributed by atoms with van der Waals surface area (Å²) in [6.45, 7) is 1.62. The molecule has 3 nitrogen and oxygen atoms in total. The Balaban J connectivity index is 2.32. The summed E-state index contributed by atoms with van der Waals surface area (Å²) >= 11 is 9.05. The van der Waals surface area contributed by atoms with E-state index in [4.69, 9.17) is 16.3 Å². The van der Waals surface area contributed by atoms with Crippen LogP contribution in [0.3, 0.4) is 0 Å². The molecule has 0 spiro atoms. The molecule has 0 atom stereocenters. The fourth-order valence-corrected chi connectivity index (χ4v) is 2.65. The first-order chi connectivity index (χ1) is 9.88. The highest BCUT2D eigenvalue weighted by molar-refractivity contribution is 9.10. The number of aryl methyl sites for hydroxylation is 1. The van der Waals surface area contributed by atoms with Gasteiger partial charge in [0, 0.05) is 15.1 Å². The molecule has 0 radical (unpaired) electrons. The zero-order valence-electron chi connectivity index (χ0n) is 11.0. The second-order valence-electron chi connectivity index (χ2n) is 4.43. The van der Waals surface area contributed by atoms with Crippen molar-refractivity contribution in [3.8, 4) is 5.75 Å². The summed E-state index contributed by atoms with van der Waals surface area (Å²) in [6.07, 6.45) is 0. The molecule has 0 saturated carbocycles. The number of ether oxygens (including phenoxy) is 1. The Morgan fingerprint density at radius 3 is 2.76 bits per heavy atom. The van der Waals surface area contributed by atoms with Crippen molar-refractivity contribution < 1.29 is 19.0 Å². The van der Waals surface area contributed by atoms with Crippen molar-refractivity contribution in [3.63, 3.8) is 0 Å². The summed E-state index contributed by atoms with van der Waals surface area (Å²) in [5.74, 6) is -1.35. The molecule has 2 rings (SSSR count). The van der Waals surface area contributed by atoms with Crippen LogP contribution in [0.4, 0.5) is 4.39 Å². The minimum atomic E-state index is -1.11. The van der Waals surface area contributed by atoms with Crippen LogP contribution in [0, 0.1) is 12.7 Å². The van der Waals surface area contributed by atoms with Gasteiger partial charge >= 0.3 is 5.97 Å². The van der Waals surface area contributed by atoms with Crippen molar-refractivity contribution in [3.05, 3.63) is 62.3 Å². The van der Waals surface area contributed by atoms with E-state index >= 15 is 0 Å². The van der Waals surface area contributed by atoms with Crippen molar-refractivity contribution in [1.82, 2.24) is 0 Å². The van der Waals surface area contributed by atoms with E-state index in [2.05, 4.69) is 15.9 Å². The summed E-state index contributed by atoms with van der Waals surface area (Å²) in [5, 5.41) is 9.60. The molecular weight excluding hydrogens is 363 g/mol. The maximum atomic E-state index is 13.6. The molecule has 0 aliphatic rings. The molecule has 6 heteroatoms. The predicted molar refractivity (Wildman–Crippen MR) is 81.6 cm³/mol. The Morgan fingerprint density at radius 1 is 1.38 bits per heavy atom. The molecule has 1 N–H and O–H groups in total. The second-order valence-corrected chi connectivity index (χ2v) is 5.78. The van der Waals surface area contributed by atoms with E-state index in [-0.39, 0.29) is 23.5 Å². The molecule has 0 aliphatic heterocycles. The number of hydrogen-bond acceptors (Lipinski definition) is 2. The molecule has 0 heterocycles. The maximum absolute atomic E-state index is 13.6. The van der Waals surface area contributed by atoms with E-state index in [9.17, 15) is 14.3 Å². The van der Waals surface area contributed by atoms with Crippen LogP contribution < -0.4 is 4.74 Å². The van der Waals surface area contributed by atoms with Gasteiger partial charge in [0.15, 0.2) is 0 Å². The number of carboxylic acid groups (broad SMARTS) is 1. The van der Waals surface area contributed by atoms with Crippen LogP contribution in [0.25, 0.3) is 0 Å². The Labute approximate surface area is 134 Å². The number of aromatic carboxylic acids is 1. The molecule has 0 fully saturated rings. The van der Waals surface area contributed by atoms with Gasteiger partial charge in [0.2, 0.25) is 0 Å². The lowest BCUT2D eigenvalue weighted by Gasteiger charge is -2.13. The summed E-state index contributed by atoms with van der Waals surface area (Å²) in [7, 11) is 0.